The highest BCUT2D eigenvalue weighted by atomic mass is 35.5. The Morgan fingerprint density at radius 3 is 2.94 bits per heavy atom. The van der Waals surface area contributed by atoms with Crippen molar-refractivity contribution in [2.24, 2.45) is 5.73 Å². The molecule has 86 valence electrons. The number of benzene rings is 1. The van der Waals surface area contributed by atoms with Crippen LogP contribution in [0.2, 0.25) is 5.02 Å². The van der Waals surface area contributed by atoms with Crippen LogP contribution in [0.5, 0.6) is 0 Å². The normalized spacial score (nSPS) is 13.9. The highest BCUT2D eigenvalue weighted by Crippen LogP contribution is 2.31. The first-order valence-electron chi connectivity index (χ1n) is 5.57. The zero-order valence-electron chi connectivity index (χ0n) is 9.16. The maximum Gasteiger partial charge on any atom is 0.105 e. The first-order chi connectivity index (χ1) is 8.16. The van der Waals surface area contributed by atoms with Crippen LogP contribution in [0.25, 0.3) is 10.9 Å². The number of hydrogen-bond acceptors (Lipinski definition) is 2. The molecule has 1 aromatic carbocycles. The number of fused-ring (bicyclic) bond motifs is 2. The standard InChI is InChI=1S/C13H11ClN2S/c14-7-4-5-11-9(6-7)12(13(15)17)8-2-1-3-10(8)16-11/h4-6H,1-3H2,(H2,15,17). The first-order valence-corrected chi connectivity index (χ1v) is 6.36. The number of aryl methyl sites for hydroxylation is 1. The van der Waals surface area contributed by atoms with Crippen molar-refractivity contribution in [1.29, 1.82) is 0 Å². The molecule has 0 radical (unpaired) electrons. The molecule has 2 nitrogen and oxygen atoms in total. The summed E-state index contributed by atoms with van der Waals surface area (Å²) in [7, 11) is 0. The van der Waals surface area contributed by atoms with Gasteiger partial charge in [-0.1, -0.05) is 23.8 Å². The van der Waals surface area contributed by atoms with Gasteiger partial charge in [0.2, 0.25) is 0 Å². The van der Waals surface area contributed by atoms with Crippen LogP contribution < -0.4 is 5.73 Å². The summed E-state index contributed by atoms with van der Waals surface area (Å²) >= 11 is 11.2. The van der Waals surface area contributed by atoms with Crippen LogP contribution in [0.1, 0.15) is 23.2 Å². The van der Waals surface area contributed by atoms with Crippen molar-refractivity contribution in [1.82, 2.24) is 4.98 Å². The molecule has 1 aliphatic rings. The third kappa shape index (κ3) is 1.70. The molecule has 0 atom stereocenters. The molecule has 0 amide bonds. The average Bonchev–Trinajstić information content (AvgIpc) is 2.72. The molecule has 17 heavy (non-hydrogen) atoms. The molecule has 2 N–H and O–H groups in total. The molecule has 0 saturated carbocycles. The Morgan fingerprint density at radius 2 is 2.18 bits per heavy atom. The van der Waals surface area contributed by atoms with Crippen LogP contribution in [0.4, 0.5) is 0 Å². The Labute approximate surface area is 110 Å². The van der Waals surface area contributed by atoms with E-state index in [1.807, 2.05) is 18.2 Å². The minimum Gasteiger partial charge on any atom is -0.389 e. The van der Waals surface area contributed by atoms with E-state index in [0.717, 1.165) is 41.4 Å². The Hall–Kier alpha value is -1.19. The van der Waals surface area contributed by atoms with Crippen molar-refractivity contribution in [3.05, 3.63) is 40.0 Å². The van der Waals surface area contributed by atoms with E-state index < -0.39 is 0 Å². The first kappa shape index (κ1) is 10.9. The van der Waals surface area contributed by atoms with Gasteiger partial charge in [0.15, 0.2) is 0 Å². The van der Waals surface area contributed by atoms with Gasteiger partial charge in [0.1, 0.15) is 4.99 Å². The molecule has 1 aromatic heterocycles. The number of thiocarbonyl (C=S) groups is 1. The lowest BCUT2D eigenvalue weighted by molar-refractivity contribution is 0.901. The van der Waals surface area contributed by atoms with Crippen molar-refractivity contribution in [3.63, 3.8) is 0 Å². The molecule has 1 aliphatic carbocycles. The second kappa shape index (κ2) is 3.93. The summed E-state index contributed by atoms with van der Waals surface area (Å²) in [4.78, 5) is 5.11. The predicted molar refractivity (Wildman–Crippen MR) is 74.7 cm³/mol. The average molecular weight is 263 g/mol. The number of rotatable bonds is 1. The van der Waals surface area contributed by atoms with Gasteiger partial charge in [-0.25, -0.2) is 0 Å². The van der Waals surface area contributed by atoms with E-state index in [2.05, 4.69) is 4.98 Å². The fraction of sp³-hybridized carbons (Fsp3) is 0.231. The quantitative estimate of drug-likeness (QED) is 0.803. The fourth-order valence-corrected chi connectivity index (χ4v) is 2.92. The minimum atomic E-state index is 0.442. The smallest absolute Gasteiger partial charge is 0.105 e. The van der Waals surface area contributed by atoms with Gasteiger partial charge in [-0.3, -0.25) is 4.98 Å². The van der Waals surface area contributed by atoms with E-state index in [-0.39, 0.29) is 0 Å². The fourth-order valence-electron chi connectivity index (χ4n) is 2.52. The van der Waals surface area contributed by atoms with Gasteiger partial charge in [-0.15, -0.1) is 0 Å². The monoisotopic (exact) mass is 262 g/mol. The highest BCUT2D eigenvalue weighted by molar-refractivity contribution is 7.80. The molecule has 4 heteroatoms. The molecular formula is C13H11ClN2S. The molecule has 1 heterocycles. The van der Waals surface area contributed by atoms with E-state index in [9.17, 15) is 0 Å². The summed E-state index contributed by atoms with van der Waals surface area (Å²) in [6.07, 6.45) is 3.16. The van der Waals surface area contributed by atoms with Crippen molar-refractivity contribution in [2.45, 2.75) is 19.3 Å². The molecule has 0 bridgehead atoms. The Balaban J connectivity index is 2.45. The molecule has 0 saturated heterocycles. The van der Waals surface area contributed by atoms with Crippen molar-refractivity contribution in [3.8, 4) is 0 Å². The summed E-state index contributed by atoms with van der Waals surface area (Å²) in [5.74, 6) is 0. The van der Waals surface area contributed by atoms with Gasteiger partial charge in [-0.05, 0) is 43.0 Å². The summed E-state index contributed by atoms with van der Waals surface area (Å²) in [6, 6.07) is 5.68. The second-order valence-corrected chi connectivity index (χ2v) is 5.17. The second-order valence-electron chi connectivity index (χ2n) is 4.29. The molecule has 0 spiro atoms. The molecule has 3 rings (SSSR count). The van der Waals surface area contributed by atoms with Gasteiger partial charge in [0.25, 0.3) is 0 Å². The van der Waals surface area contributed by atoms with Crippen molar-refractivity contribution in [2.75, 3.05) is 0 Å². The third-order valence-electron chi connectivity index (χ3n) is 3.22. The molecule has 0 unspecified atom stereocenters. The number of halogens is 1. The zero-order chi connectivity index (χ0) is 12.0. The molecule has 2 aromatic rings. The van der Waals surface area contributed by atoms with Crippen LogP contribution >= 0.6 is 23.8 Å². The van der Waals surface area contributed by atoms with Gasteiger partial charge >= 0.3 is 0 Å². The lowest BCUT2D eigenvalue weighted by atomic mass is 10.0. The number of pyridine rings is 1. The largest absolute Gasteiger partial charge is 0.389 e. The maximum absolute atomic E-state index is 6.03. The Morgan fingerprint density at radius 1 is 1.35 bits per heavy atom. The number of hydrogen-bond donors (Lipinski definition) is 1. The lowest BCUT2D eigenvalue weighted by Gasteiger charge is -2.11. The van der Waals surface area contributed by atoms with Crippen LogP contribution in [0.3, 0.4) is 0 Å². The van der Waals surface area contributed by atoms with Crippen LogP contribution in [0, 0.1) is 0 Å². The SMILES string of the molecule is NC(=S)c1c2c(nc3ccc(Cl)cc13)CCC2. The van der Waals surface area contributed by atoms with Crippen LogP contribution in [0.15, 0.2) is 18.2 Å². The summed E-state index contributed by atoms with van der Waals surface area (Å²) in [5, 5.41) is 1.67. The lowest BCUT2D eigenvalue weighted by Crippen LogP contribution is -2.14. The van der Waals surface area contributed by atoms with Crippen molar-refractivity contribution >= 4 is 39.7 Å². The van der Waals surface area contributed by atoms with Crippen LogP contribution in [-0.4, -0.2) is 9.97 Å². The minimum absolute atomic E-state index is 0.442. The Bertz CT molecular complexity index is 637. The predicted octanol–water partition coefficient (Wildman–Crippen LogP) is 3.01. The van der Waals surface area contributed by atoms with Gasteiger partial charge in [-0.2, -0.15) is 0 Å². The number of aromatic nitrogens is 1. The molecule has 0 aliphatic heterocycles. The topological polar surface area (TPSA) is 38.9 Å². The Kier molecular flexibility index (Phi) is 2.53. The van der Waals surface area contributed by atoms with Crippen LogP contribution in [-0.2, 0) is 12.8 Å². The highest BCUT2D eigenvalue weighted by Gasteiger charge is 2.20. The van der Waals surface area contributed by atoms with E-state index in [0.29, 0.717) is 10.0 Å². The third-order valence-corrected chi connectivity index (χ3v) is 3.66. The summed E-state index contributed by atoms with van der Waals surface area (Å²) in [6.45, 7) is 0. The zero-order valence-corrected chi connectivity index (χ0v) is 10.7. The maximum atomic E-state index is 6.03. The number of nitrogens with two attached hydrogens (primary N) is 1. The van der Waals surface area contributed by atoms with Gasteiger partial charge < -0.3 is 5.73 Å². The summed E-state index contributed by atoms with van der Waals surface area (Å²) in [5.41, 5.74) is 10.1. The summed E-state index contributed by atoms with van der Waals surface area (Å²) < 4.78 is 0. The van der Waals surface area contributed by atoms with E-state index in [1.165, 1.54) is 5.56 Å². The molecular weight excluding hydrogens is 252 g/mol. The van der Waals surface area contributed by atoms with E-state index in [1.54, 1.807) is 0 Å². The van der Waals surface area contributed by atoms with E-state index in [4.69, 9.17) is 29.6 Å². The van der Waals surface area contributed by atoms with Gasteiger partial charge in [0.05, 0.1) is 5.52 Å². The number of nitrogens with zero attached hydrogens (tertiary/aromatic N) is 1. The van der Waals surface area contributed by atoms with Crippen molar-refractivity contribution < 1.29 is 0 Å². The van der Waals surface area contributed by atoms with E-state index >= 15 is 0 Å². The van der Waals surface area contributed by atoms with Gasteiger partial charge in [0, 0.05) is 21.7 Å². The molecule has 0 fully saturated rings.